The molecule has 1 unspecified atom stereocenters. The number of nitrogens with one attached hydrogen (secondary N) is 2. The molecule has 1 amide bonds. The van der Waals surface area contributed by atoms with E-state index in [0.717, 1.165) is 23.1 Å². The first kappa shape index (κ1) is 32.9. The molecule has 0 spiro atoms. The Morgan fingerprint density at radius 2 is 1.77 bits per heavy atom. The highest BCUT2D eigenvalue weighted by Crippen LogP contribution is 2.40. The normalized spacial score (nSPS) is 16.9. The first-order chi connectivity index (χ1) is 23.1. The van der Waals surface area contributed by atoms with Gasteiger partial charge in [-0.2, -0.15) is 4.31 Å². The standard InChI is InChI=1S/C34H36FN7O5S/c1-4-34(43)39-27-19-28(31(46-2)20-30(27)40-12-14-41(15-13-40)48(3,44)45)38-32-21-33(37-22-36-32)42-29(11-16-47-42)25-9-5-7-23(17-25)24-8-6-10-26(35)18-24/h4-10,17-22,29H,1,11-16H2,2-3H3,(H,39,43)(H,36,37,38). The number of carbonyl (C=O) groups is 1. The van der Waals surface area contributed by atoms with Gasteiger partial charge in [0.05, 0.1) is 43.1 Å². The van der Waals surface area contributed by atoms with Crippen LogP contribution in [0.25, 0.3) is 11.1 Å². The Morgan fingerprint density at radius 3 is 2.48 bits per heavy atom. The van der Waals surface area contributed by atoms with Crippen molar-refractivity contribution in [2.24, 2.45) is 0 Å². The molecule has 14 heteroatoms. The summed E-state index contributed by atoms with van der Waals surface area (Å²) in [7, 11) is -1.77. The summed E-state index contributed by atoms with van der Waals surface area (Å²) in [5.74, 6) is 0.780. The summed E-state index contributed by atoms with van der Waals surface area (Å²) >= 11 is 0. The molecule has 250 valence electrons. The molecule has 48 heavy (non-hydrogen) atoms. The number of benzene rings is 3. The van der Waals surface area contributed by atoms with Gasteiger partial charge in [-0.25, -0.2) is 27.8 Å². The fourth-order valence-electron chi connectivity index (χ4n) is 5.91. The van der Waals surface area contributed by atoms with Gasteiger partial charge in [0.15, 0.2) is 5.82 Å². The first-order valence-electron chi connectivity index (χ1n) is 15.4. The Hall–Kier alpha value is -5.05. The molecule has 0 aliphatic carbocycles. The van der Waals surface area contributed by atoms with Crippen molar-refractivity contribution in [2.45, 2.75) is 12.5 Å². The molecule has 3 aromatic carbocycles. The zero-order valence-electron chi connectivity index (χ0n) is 26.6. The Balaban J connectivity index is 1.26. The second-order valence-electron chi connectivity index (χ2n) is 11.4. The van der Waals surface area contributed by atoms with Gasteiger partial charge in [0.25, 0.3) is 0 Å². The third kappa shape index (κ3) is 7.25. The average Bonchev–Trinajstić information content (AvgIpc) is 3.59. The Bertz CT molecular complexity index is 1930. The maximum absolute atomic E-state index is 13.9. The molecule has 2 aliphatic heterocycles. The van der Waals surface area contributed by atoms with E-state index in [9.17, 15) is 17.6 Å². The monoisotopic (exact) mass is 673 g/mol. The number of carbonyl (C=O) groups excluding carboxylic acids is 1. The minimum Gasteiger partial charge on any atom is -0.494 e. The number of hydrogen-bond donors (Lipinski definition) is 2. The Morgan fingerprint density at radius 1 is 1.02 bits per heavy atom. The zero-order valence-corrected chi connectivity index (χ0v) is 27.4. The second kappa shape index (κ2) is 14.0. The van der Waals surface area contributed by atoms with Crippen molar-refractivity contribution in [2.75, 3.05) is 66.7 Å². The van der Waals surface area contributed by atoms with Gasteiger partial charge in [0.2, 0.25) is 15.9 Å². The summed E-state index contributed by atoms with van der Waals surface area (Å²) in [4.78, 5) is 29.4. The van der Waals surface area contributed by atoms with Crippen LogP contribution < -0.4 is 25.3 Å². The molecule has 2 aliphatic rings. The van der Waals surface area contributed by atoms with Crippen molar-refractivity contribution in [1.29, 1.82) is 0 Å². The number of rotatable bonds is 10. The SMILES string of the molecule is C=CC(=O)Nc1cc(Nc2cc(N3OCCC3c3cccc(-c4cccc(F)c4)c3)ncn2)c(OC)cc1N1CCN(S(C)(=O)=O)CC1. The van der Waals surface area contributed by atoms with Crippen LogP contribution in [0.5, 0.6) is 5.75 Å². The van der Waals surface area contributed by atoms with Crippen molar-refractivity contribution in [1.82, 2.24) is 14.3 Å². The maximum atomic E-state index is 13.9. The van der Waals surface area contributed by atoms with Gasteiger partial charge in [-0.1, -0.05) is 36.9 Å². The van der Waals surface area contributed by atoms with Gasteiger partial charge in [0.1, 0.15) is 23.7 Å². The van der Waals surface area contributed by atoms with Gasteiger partial charge in [-0.15, -0.1) is 0 Å². The third-order valence-electron chi connectivity index (χ3n) is 8.28. The summed E-state index contributed by atoms with van der Waals surface area (Å²) in [6, 6.07) is 19.6. The highest BCUT2D eigenvalue weighted by molar-refractivity contribution is 7.88. The number of halogens is 1. The number of sulfonamides is 1. The molecule has 1 aromatic heterocycles. The summed E-state index contributed by atoms with van der Waals surface area (Å²) in [6.07, 6.45) is 4.53. The van der Waals surface area contributed by atoms with E-state index in [2.05, 4.69) is 27.2 Å². The minimum absolute atomic E-state index is 0.140. The highest BCUT2D eigenvalue weighted by Gasteiger charge is 2.30. The summed E-state index contributed by atoms with van der Waals surface area (Å²) in [6.45, 7) is 5.54. The second-order valence-corrected chi connectivity index (χ2v) is 13.4. The van der Waals surface area contributed by atoms with Crippen LogP contribution in [0.15, 0.2) is 85.7 Å². The van der Waals surface area contributed by atoms with Crippen LogP contribution >= 0.6 is 0 Å². The number of hydrogen-bond acceptors (Lipinski definition) is 10. The molecule has 2 saturated heterocycles. The predicted molar refractivity (Wildman–Crippen MR) is 183 cm³/mol. The quantitative estimate of drug-likeness (QED) is 0.219. The molecule has 0 saturated carbocycles. The van der Waals surface area contributed by atoms with Crippen LogP contribution in [0.3, 0.4) is 0 Å². The molecule has 12 nitrogen and oxygen atoms in total. The predicted octanol–water partition coefficient (Wildman–Crippen LogP) is 5.12. The summed E-state index contributed by atoms with van der Waals surface area (Å²) < 4.78 is 45.2. The molecule has 2 fully saturated rings. The Labute approximate surface area is 278 Å². The minimum atomic E-state index is -3.31. The van der Waals surface area contributed by atoms with Crippen molar-refractivity contribution >= 4 is 44.6 Å². The van der Waals surface area contributed by atoms with Crippen molar-refractivity contribution < 1.29 is 27.2 Å². The van der Waals surface area contributed by atoms with Crippen molar-refractivity contribution in [3.63, 3.8) is 0 Å². The highest BCUT2D eigenvalue weighted by atomic mass is 32.2. The molecular weight excluding hydrogens is 637 g/mol. The van der Waals surface area contributed by atoms with Crippen LogP contribution in [0.2, 0.25) is 0 Å². The van der Waals surface area contributed by atoms with Gasteiger partial charge in [-0.3, -0.25) is 9.63 Å². The lowest BCUT2D eigenvalue weighted by Crippen LogP contribution is -2.48. The van der Waals surface area contributed by atoms with Crippen molar-refractivity contribution in [3.8, 4) is 16.9 Å². The third-order valence-corrected chi connectivity index (χ3v) is 9.59. The number of methoxy groups -OCH3 is 1. The van der Waals surface area contributed by atoms with Gasteiger partial charge in [-0.05, 0) is 47.0 Å². The van der Waals surface area contributed by atoms with Crippen LogP contribution in [0.4, 0.5) is 33.1 Å². The molecular formula is C34H36FN7O5S. The lowest BCUT2D eigenvalue weighted by Gasteiger charge is -2.36. The number of amides is 1. The van der Waals surface area contributed by atoms with Gasteiger partial charge in [0, 0.05) is 44.7 Å². The smallest absolute Gasteiger partial charge is 0.247 e. The molecule has 4 aromatic rings. The van der Waals surface area contributed by atoms with Crippen molar-refractivity contribution in [3.05, 3.63) is 97.1 Å². The molecule has 6 rings (SSSR count). The van der Waals surface area contributed by atoms with Crippen LogP contribution in [-0.4, -0.2) is 74.7 Å². The van der Waals surface area contributed by atoms with Gasteiger partial charge < -0.3 is 20.3 Å². The van der Waals surface area contributed by atoms with E-state index in [4.69, 9.17) is 9.57 Å². The number of aromatic nitrogens is 2. The van der Waals surface area contributed by atoms with Gasteiger partial charge >= 0.3 is 0 Å². The zero-order chi connectivity index (χ0) is 33.8. The number of hydroxylamine groups is 1. The molecule has 2 N–H and O–H groups in total. The van der Waals surface area contributed by atoms with E-state index < -0.39 is 15.9 Å². The van der Waals surface area contributed by atoms with Crippen LogP contribution in [0, 0.1) is 5.82 Å². The van der Waals surface area contributed by atoms with Crippen LogP contribution in [-0.2, 0) is 19.7 Å². The number of piperazine rings is 1. The van der Waals surface area contributed by atoms with E-state index in [1.165, 1.54) is 35.1 Å². The van der Waals surface area contributed by atoms with E-state index in [1.54, 1.807) is 36.4 Å². The summed E-state index contributed by atoms with van der Waals surface area (Å²) in [5, 5.41) is 7.91. The fraction of sp³-hybridized carbons (Fsp3) is 0.265. The largest absolute Gasteiger partial charge is 0.494 e. The molecule has 0 radical (unpaired) electrons. The van der Waals surface area contributed by atoms with E-state index in [1.807, 2.05) is 35.2 Å². The number of ether oxygens (including phenoxy) is 1. The number of anilines is 5. The maximum Gasteiger partial charge on any atom is 0.247 e. The van der Waals surface area contributed by atoms with E-state index in [-0.39, 0.29) is 11.9 Å². The lowest BCUT2D eigenvalue weighted by atomic mass is 9.98. The Kier molecular flexibility index (Phi) is 9.57. The average molecular weight is 674 g/mol. The summed E-state index contributed by atoms with van der Waals surface area (Å²) in [5.41, 5.74) is 4.39. The topological polar surface area (TPSA) is 129 Å². The molecule has 3 heterocycles. The number of nitrogens with zero attached hydrogens (tertiary/aromatic N) is 5. The fourth-order valence-corrected chi connectivity index (χ4v) is 6.73. The molecule has 0 bridgehead atoms. The molecule has 1 atom stereocenters. The van der Waals surface area contributed by atoms with E-state index in [0.29, 0.717) is 67.2 Å². The van der Waals surface area contributed by atoms with Crippen LogP contribution in [0.1, 0.15) is 18.0 Å². The first-order valence-corrected chi connectivity index (χ1v) is 17.2. The van der Waals surface area contributed by atoms with E-state index >= 15 is 0 Å². The lowest BCUT2D eigenvalue weighted by molar-refractivity contribution is -0.111.